The van der Waals surface area contributed by atoms with E-state index < -0.39 is 4.92 Å². The Kier molecular flexibility index (Phi) is 5.71. The van der Waals surface area contributed by atoms with Crippen molar-refractivity contribution in [1.29, 1.82) is 0 Å². The molecule has 146 valence electrons. The summed E-state index contributed by atoms with van der Waals surface area (Å²) >= 11 is 1.46. The zero-order valence-corrected chi connectivity index (χ0v) is 17.2. The second-order valence-electron chi connectivity index (χ2n) is 7.12. The smallest absolute Gasteiger partial charge is 0.270 e. The van der Waals surface area contributed by atoms with Crippen molar-refractivity contribution in [2.24, 2.45) is 0 Å². The molecule has 1 heterocycles. The van der Waals surface area contributed by atoms with E-state index in [1.807, 2.05) is 27.1 Å². The minimum atomic E-state index is -0.492. The Morgan fingerprint density at radius 3 is 2.61 bits per heavy atom. The first kappa shape index (κ1) is 19.9. The van der Waals surface area contributed by atoms with Gasteiger partial charge in [-0.15, -0.1) is 0 Å². The highest BCUT2D eigenvalue weighted by Gasteiger charge is 2.23. The molecule has 2 aromatic carbocycles. The van der Waals surface area contributed by atoms with E-state index in [1.165, 1.54) is 40.0 Å². The van der Waals surface area contributed by atoms with E-state index in [-0.39, 0.29) is 17.2 Å². The van der Waals surface area contributed by atoms with Crippen LogP contribution in [0.2, 0.25) is 0 Å². The standard InChI is InChI=1S/C20H22N4O3S/c1-13-10-17-18(11-14(13)2)28-20(21-17)23(9-8-22(3)4)19(25)15-6-5-7-16(12-15)24(26)27/h5-7,10-12H,8-9H2,1-4H3/p+1. The molecule has 28 heavy (non-hydrogen) atoms. The van der Waals surface area contributed by atoms with Gasteiger partial charge >= 0.3 is 0 Å². The van der Waals surface area contributed by atoms with Crippen LogP contribution in [0.4, 0.5) is 10.8 Å². The maximum Gasteiger partial charge on any atom is 0.270 e. The molecular weight excluding hydrogens is 376 g/mol. The molecule has 1 N–H and O–H groups in total. The molecule has 0 bridgehead atoms. The molecule has 0 aliphatic rings. The highest BCUT2D eigenvalue weighted by molar-refractivity contribution is 7.22. The van der Waals surface area contributed by atoms with Crippen molar-refractivity contribution >= 4 is 38.3 Å². The molecule has 3 rings (SSSR count). The highest BCUT2D eigenvalue weighted by atomic mass is 32.1. The van der Waals surface area contributed by atoms with Gasteiger partial charge in [-0.1, -0.05) is 17.4 Å². The van der Waals surface area contributed by atoms with Gasteiger partial charge in [-0.2, -0.15) is 0 Å². The lowest BCUT2D eigenvalue weighted by atomic mass is 10.1. The number of anilines is 1. The van der Waals surface area contributed by atoms with E-state index in [1.54, 1.807) is 11.0 Å². The number of rotatable bonds is 6. The van der Waals surface area contributed by atoms with Crippen LogP contribution in [0, 0.1) is 24.0 Å². The average molecular weight is 399 g/mol. The molecule has 0 aliphatic carbocycles. The van der Waals surface area contributed by atoms with E-state index >= 15 is 0 Å². The highest BCUT2D eigenvalue weighted by Crippen LogP contribution is 2.31. The van der Waals surface area contributed by atoms with E-state index in [9.17, 15) is 14.9 Å². The molecule has 1 aromatic heterocycles. The van der Waals surface area contributed by atoms with Gasteiger partial charge in [0.15, 0.2) is 5.13 Å². The lowest BCUT2D eigenvalue weighted by molar-refractivity contribution is -0.856. The summed E-state index contributed by atoms with van der Waals surface area (Å²) in [6.07, 6.45) is 0. The number of carbonyl (C=O) groups excluding carboxylic acids is 1. The van der Waals surface area contributed by atoms with Crippen LogP contribution < -0.4 is 9.80 Å². The number of amides is 1. The van der Waals surface area contributed by atoms with Crippen LogP contribution in [0.3, 0.4) is 0 Å². The third-order valence-corrected chi connectivity index (χ3v) is 5.65. The van der Waals surface area contributed by atoms with Crippen LogP contribution in [0.25, 0.3) is 10.2 Å². The number of nitrogens with zero attached hydrogens (tertiary/aromatic N) is 3. The molecule has 0 fully saturated rings. The Hall–Kier alpha value is -2.84. The third-order valence-electron chi connectivity index (χ3n) is 4.61. The second kappa shape index (κ2) is 8.04. The van der Waals surface area contributed by atoms with Crippen molar-refractivity contribution in [3.05, 3.63) is 63.2 Å². The van der Waals surface area contributed by atoms with Crippen molar-refractivity contribution in [2.45, 2.75) is 13.8 Å². The van der Waals surface area contributed by atoms with Gasteiger partial charge in [-0.25, -0.2) is 4.98 Å². The quantitative estimate of drug-likeness (QED) is 0.510. The lowest BCUT2D eigenvalue weighted by Crippen LogP contribution is -3.06. The van der Waals surface area contributed by atoms with Gasteiger partial charge in [0.05, 0.1) is 42.3 Å². The topological polar surface area (TPSA) is 80.8 Å². The molecule has 7 nitrogen and oxygen atoms in total. The van der Waals surface area contributed by atoms with Crippen molar-refractivity contribution in [3.63, 3.8) is 0 Å². The van der Waals surface area contributed by atoms with Crippen LogP contribution in [0.15, 0.2) is 36.4 Å². The second-order valence-corrected chi connectivity index (χ2v) is 8.13. The normalized spacial score (nSPS) is 11.2. The van der Waals surface area contributed by atoms with E-state index in [2.05, 4.69) is 18.0 Å². The number of hydrogen-bond acceptors (Lipinski definition) is 5. The number of quaternary nitrogens is 1. The summed E-state index contributed by atoms with van der Waals surface area (Å²) in [5.41, 5.74) is 3.38. The first-order valence-electron chi connectivity index (χ1n) is 8.99. The van der Waals surface area contributed by atoms with Crippen molar-refractivity contribution in [3.8, 4) is 0 Å². The number of nitro benzene ring substituents is 1. The summed E-state index contributed by atoms with van der Waals surface area (Å²) in [5.74, 6) is -0.280. The number of nitro groups is 1. The van der Waals surface area contributed by atoms with Crippen LogP contribution in [0.5, 0.6) is 0 Å². The zero-order valence-electron chi connectivity index (χ0n) is 16.4. The maximum absolute atomic E-state index is 13.2. The van der Waals surface area contributed by atoms with E-state index in [0.29, 0.717) is 11.7 Å². The Morgan fingerprint density at radius 1 is 1.21 bits per heavy atom. The Balaban J connectivity index is 2.02. The first-order chi connectivity index (χ1) is 13.3. The summed E-state index contributed by atoms with van der Waals surface area (Å²) in [4.78, 5) is 31.3. The van der Waals surface area contributed by atoms with Crippen molar-refractivity contribution in [1.82, 2.24) is 4.98 Å². The summed E-state index contributed by atoms with van der Waals surface area (Å²) in [5, 5.41) is 11.7. The zero-order chi connectivity index (χ0) is 20.4. The molecular formula is C20H23N4O3S+. The number of hydrogen-bond donors (Lipinski definition) is 1. The minimum absolute atomic E-state index is 0.0976. The Bertz CT molecular complexity index is 1010. The predicted octanol–water partition coefficient (Wildman–Crippen LogP) is 2.61. The third kappa shape index (κ3) is 4.18. The fraction of sp³-hybridized carbons (Fsp3) is 0.300. The number of thiazole rings is 1. The van der Waals surface area contributed by atoms with Crippen LogP contribution in [-0.4, -0.2) is 43.0 Å². The molecule has 0 atom stereocenters. The van der Waals surface area contributed by atoms with Gasteiger partial charge in [0.1, 0.15) is 0 Å². The van der Waals surface area contributed by atoms with Crippen molar-refractivity contribution in [2.75, 3.05) is 32.1 Å². The number of carbonyl (C=O) groups is 1. The molecule has 0 spiro atoms. The first-order valence-corrected chi connectivity index (χ1v) is 9.81. The number of non-ortho nitro benzene ring substituents is 1. The molecule has 3 aromatic rings. The monoisotopic (exact) mass is 399 g/mol. The molecule has 0 saturated heterocycles. The van der Waals surface area contributed by atoms with Gasteiger partial charge in [-0.3, -0.25) is 19.8 Å². The van der Waals surface area contributed by atoms with Gasteiger partial charge in [-0.05, 0) is 43.2 Å². The summed E-state index contributed by atoms with van der Waals surface area (Å²) < 4.78 is 1.02. The van der Waals surface area contributed by atoms with Crippen molar-refractivity contribution < 1.29 is 14.6 Å². The fourth-order valence-corrected chi connectivity index (χ4v) is 3.88. The summed E-state index contributed by atoms with van der Waals surface area (Å²) in [6, 6.07) is 9.95. The average Bonchev–Trinajstić information content (AvgIpc) is 3.04. The number of aromatic nitrogens is 1. The molecule has 8 heteroatoms. The predicted molar refractivity (Wildman–Crippen MR) is 112 cm³/mol. The SMILES string of the molecule is Cc1cc2nc(N(CC[NH+](C)C)C(=O)c3cccc([N+](=O)[O-])c3)sc2cc1C. The van der Waals surface area contributed by atoms with Crippen LogP contribution >= 0.6 is 11.3 Å². The molecule has 0 aliphatic heterocycles. The number of nitrogens with one attached hydrogen (secondary N) is 1. The minimum Gasteiger partial charge on any atom is -0.338 e. The number of fused-ring (bicyclic) bond motifs is 1. The number of benzene rings is 2. The van der Waals surface area contributed by atoms with Crippen LogP contribution in [-0.2, 0) is 0 Å². The van der Waals surface area contributed by atoms with Gasteiger partial charge in [0.25, 0.3) is 11.6 Å². The fourth-order valence-electron chi connectivity index (χ4n) is 2.81. The Morgan fingerprint density at radius 2 is 1.93 bits per heavy atom. The van der Waals surface area contributed by atoms with Gasteiger partial charge in [0.2, 0.25) is 0 Å². The molecule has 0 unspecified atom stereocenters. The summed E-state index contributed by atoms with van der Waals surface area (Å²) in [6.45, 7) is 5.29. The number of aryl methyl sites for hydroxylation is 2. The largest absolute Gasteiger partial charge is 0.338 e. The summed E-state index contributed by atoms with van der Waals surface area (Å²) in [7, 11) is 4.03. The number of likely N-dealkylation sites (N-methyl/N-ethyl adjacent to an activating group) is 1. The molecule has 0 radical (unpaired) electrons. The van der Waals surface area contributed by atoms with Gasteiger partial charge < -0.3 is 4.90 Å². The molecule has 0 saturated carbocycles. The maximum atomic E-state index is 13.2. The van der Waals surface area contributed by atoms with E-state index in [4.69, 9.17) is 0 Å². The van der Waals surface area contributed by atoms with Gasteiger partial charge in [0, 0.05) is 17.7 Å². The molecule has 1 amide bonds. The van der Waals surface area contributed by atoms with E-state index in [0.717, 1.165) is 22.3 Å². The van der Waals surface area contributed by atoms with Crippen LogP contribution in [0.1, 0.15) is 21.5 Å². The lowest BCUT2D eigenvalue weighted by Gasteiger charge is -2.20. The Labute approximate surface area is 167 Å².